The van der Waals surface area contributed by atoms with Crippen LogP contribution in [0, 0.1) is 5.92 Å². The van der Waals surface area contributed by atoms with Crippen LogP contribution >= 0.6 is 0 Å². The highest BCUT2D eigenvalue weighted by Gasteiger charge is 2.19. The summed E-state index contributed by atoms with van der Waals surface area (Å²) in [5.41, 5.74) is 0. The average molecular weight is 308 g/mol. The summed E-state index contributed by atoms with van der Waals surface area (Å²) in [5, 5.41) is 3.51. The minimum atomic E-state index is 0.182. The molecule has 0 bridgehead atoms. The third kappa shape index (κ3) is 5.18. The van der Waals surface area contributed by atoms with E-state index in [0.29, 0.717) is 0 Å². The highest BCUT2D eigenvalue weighted by atomic mass is 16.2. The van der Waals surface area contributed by atoms with Crippen LogP contribution < -0.4 is 5.32 Å². The molecule has 1 aliphatic carbocycles. The second-order valence-corrected chi connectivity index (χ2v) is 6.61. The molecule has 2 fully saturated rings. The van der Waals surface area contributed by atoms with Gasteiger partial charge in [-0.2, -0.15) is 0 Å². The molecule has 2 rings (SSSR count). The maximum Gasteiger partial charge on any atom is 0.219 e. The van der Waals surface area contributed by atoms with Crippen molar-refractivity contribution in [1.29, 1.82) is 0 Å². The maximum atomic E-state index is 11.5. The Hall–Kier alpha value is -1.26. The van der Waals surface area contributed by atoms with E-state index in [0.717, 1.165) is 51.0 Å². The van der Waals surface area contributed by atoms with Crippen molar-refractivity contribution < 1.29 is 4.79 Å². The first kappa shape index (κ1) is 17.1. The van der Waals surface area contributed by atoms with Gasteiger partial charge in [-0.15, -0.1) is 0 Å². The Morgan fingerprint density at radius 1 is 1.09 bits per heavy atom. The first-order valence-corrected chi connectivity index (χ1v) is 8.92. The van der Waals surface area contributed by atoms with Gasteiger partial charge in [0.15, 0.2) is 5.96 Å². The number of hydrogen-bond acceptors (Lipinski definition) is 2. The predicted octanol–water partition coefficient (Wildman–Crippen LogP) is 2.09. The number of amides is 1. The zero-order chi connectivity index (χ0) is 15.8. The number of guanidine groups is 1. The molecule has 1 N–H and O–H groups in total. The van der Waals surface area contributed by atoms with Gasteiger partial charge in [0.2, 0.25) is 5.91 Å². The second-order valence-electron chi connectivity index (χ2n) is 6.61. The lowest BCUT2D eigenvalue weighted by molar-refractivity contribution is -0.128. The molecule has 1 saturated heterocycles. The quantitative estimate of drug-likeness (QED) is 0.491. The van der Waals surface area contributed by atoms with E-state index in [1.807, 2.05) is 11.9 Å². The van der Waals surface area contributed by atoms with Gasteiger partial charge >= 0.3 is 0 Å². The van der Waals surface area contributed by atoms with Crippen LogP contribution in [-0.4, -0.2) is 61.4 Å². The van der Waals surface area contributed by atoms with Crippen LogP contribution in [0.4, 0.5) is 0 Å². The van der Waals surface area contributed by atoms with E-state index in [1.165, 1.54) is 38.5 Å². The van der Waals surface area contributed by atoms with Crippen LogP contribution in [-0.2, 0) is 4.79 Å². The molecule has 0 atom stereocenters. The Kier molecular flexibility index (Phi) is 7.00. The second kappa shape index (κ2) is 9.01. The summed E-state index contributed by atoms with van der Waals surface area (Å²) in [6, 6.07) is 0. The molecular formula is C17H32N4O. The zero-order valence-corrected chi connectivity index (χ0v) is 14.3. The molecule has 1 heterocycles. The summed E-state index contributed by atoms with van der Waals surface area (Å²) in [4.78, 5) is 20.1. The Morgan fingerprint density at radius 3 is 2.45 bits per heavy atom. The van der Waals surface area contributed by atoms with E-state index < -0.39 is 0 Å². The number of carbonyl (C=O) groups is 1. The van der Waals surface area contributed by atoms with E-state index in [9.17, 15) is 4.79 Å². The van der Waals surface area contributed by atoms with Crippen LogP contribution in [0.15, 0.2) is 4.99 Å². The molecule has 0 unspecified atom stereocenters. The summed E-state index contributed by atoms with van der Waals surface area (Å²) >= 11 is 0. The SMILES string of the molecule is CN=C(NCCCC1CCCC1)N1CCCN(C(C)=O)CC1. The van der Waals surface area contributed by atoms with Gasteiger partial charge < -0.3 is 15.1 Å². The molecule has 22 heavy (non-hydrogen) atoms. The Labute approximate surface area is 135 Å². The van der Waals surface area contributed by atoms with Crippen molar-refractivity contribution in [2.24, 2.45) is 10.9 Å². The molecule has 1 saturated carbocycles. The van der Waals surface area contributed by atoms with Crippen LogP contribution in [0.3, 0.4) is 0 Å². The molecule has 2 aliphatic rings. The van der Waals surface area contributed by atoms with Gasteiger partial charge in [-0.1, -0.05) is 25.7 Å². The van der Waals surface area contributed by atoms with Gasteiger partial charge in [-0.05, 0) is 25.2 Å². The minimum Gasteiger partial charge on any atom is -0.356 e. The molecule has 0 spiro atoms. The van der Waals surface area contributed by atoms with E-state index >= 15 is 0 Å². The number of nitrogens with one attached hydrogen (secondary N) is 1. The number of aliphatic imine (C=N–C) groups is 1. The molecular weight excluding hydrogens is 276 g/mol. The lowest BCUT2D eigenvalue weighted by Crippen LogP contribution is -2.44. The topological polar surface area (TPSA) is 47.9 Å². The highest BCUT2D eigenvalue weighted by molar-refractivity contribution is 5.80. The van der Waals surface area contributed by atoms with Crippen molar-refractivity contribution >= 4 is 11.9 Å². The monoisotopic (exact) mass is 308 g/mol. The largest absolute Gasteiger partial charge is 0.356 e. The fourth-order valence-corrected chi connectivity index (χ4v) is 3.67. The summed E-state index contributed by atoms with van der Waals surface area (Å²) in [6.07, 6.45) is 9.32. The average Bonchev–Trinajstić information content (AvgIpc) is 2.90. The molecule has 5 nitrogen and oxygen atoms in total. The molecule has 5 heteroatoms. The first-order valence-electron chi connectivity index (χ1n) is 8.92. The van der Waals surface area contributed by atoms with Gasteiger partial charge in [0.25, 0.3) is 0 Å². The zero-order valence-electron chi connectivity index (χ0n) is 14.3. The first-order chi connectivity index (χ1) is 10.7. The predicted molar refractivity (Wildman–Crippen MR) is 91.0 cm³/mol. The lowest BCUT2D eigenvalue weighted by atomic mass is 10.0. The number of hydrogen-bond donors (Lipinski definition) is 1. The summed E-state index contributed by atoms with van der Waals surface area (Å²) in [6.45, 7) is 6.19. The van der Waals surface area contributed by atoms with Crippen LogP contribution in [0.5, 0.6) is 0 Å². The van der Waals surface area contributed by atoms with Gasteiger partial charge in [-0.3, -0.25) is 9.79 Å². The van der Waals surface area contributed by atoms with Crippen molar-refractivity contribution in [3.8, 4) is 0 Å². The third-order valence-electron chi connectivity index (χ3n) is 5.00. The van der Waals surface area contributed by atoms with Gasteiger partial charge in [0.05, 0.1) is 0 Å². The van der Waals surface area contributed by atoms with Crippen LogP contribution in [0.1, 0.15) is 51.9 Å². The van der Waals surface area contributed by atoms with Gasteiger partial charge in [-0.25, -0.2) is 0 Å². The van der Waals surface area contributed by atoms with Crippen molar-refractivity contribution in [3.05, 3.63) is 0 Å². The summed E-state index contributed by atoms with van der Waals surface area (Å²) in [5.74, 6) is 2.14. The normalized spacial score (nSPS) is 21.1. The number of nitrogens with zero attached hydrogens (tertiary/aromatic N) is 3. The molecule has 0 aromatic rings. The summed E-state index contributed by atoms with van der Waals surface area (Å²) in [7, 11) is 1.85. The molecule has 0 radical (unpaired) electrons. The lowest BCUT2D eigenvalue weighted by Gasteiger charge is -2.25. The smallest absolute Gasteiger partial charge is 0.219 e. The van der Waals surface area contributed by atoms with E-state index in [1.54, 1.807) is 6.92 Å². The van der Waals surface area contributed by atoms with E-state index in [4.69, 9.17) is 0 Å². The van der Waals surface area contributed by atoms with Crippen molar-refractivity contribution in [3.63, 3.8) is 0 Å². The minimum absolute atomic E-state index is 0.182. The Balaban J connectivity index is 1.70. The fraction of sp³-hybridized carbons (Fsp3) is 0.882. The van der Waals surface area contributed by atoms with Gasteiger partial charge in [0.1, 0.15) is 0 Å². The highest BCUT2D eigenvalue weighted by Crippen LogP contribution is 2.28. The van der Waals surface area contributed by atoms with Crippen molar-refractivity contribution in [2.45, 2.75) is 51.9 Å². The molecule has 126 valence electrons. The van der Waals surface area contributed by atoms with Crippen LogP contribution in [0.25, 0.3) is 0 Å². The number of rotatable bonds is 4. The molecule has 1 amide bonds. The Morgan fingerprint density at radius 2 is 1.77 bits per heavy atom. The Bertz CT molecular complexity index is 377. The molecule has 0 aromatic heterocycles. The number of carbonyl (C=O) groups excluding carboxylic acids is 1. The third-order valence-corrected chi connectivity index (χ3v) is 5.00. The van der Waals surface area contributed by atoms with Gasteiger partial charge in [0, 0.05) is 46.7 Å². The molecule has 0 aromatic carbocycles. The van der Waals surface area contributed by atoms with Crippen LogP contribution in [0.2, 0.25) is 0 Å². The molecule has 1 aliphatic heterocycles. The van der Waals surface area contributed by atoms with E-state index in [-0.39, 0.29) is 5.91 Å². The maximum absolute atomic E-state index is 11.5. The summed E-state index contributed by atoms with van der Waals surface area (Å²) < 4.78 is 0. The fourth-order valence-electron chi connectivity index (χ4n) is 3.67. The standard InChI is InChI=1S/C17H32N4O/c1-15(22)20-11-6-12-21(14-13-20)17(18-2)19-10-5-9-16-7-3-4-8-16/h16H,3-14H2,1-2H3,(H,18,19). The van der Waals surface area contributed by atoms with E-state index in [2.05, 4.69) is 15.2 Å². The van der Waals surface area contributed by atoms with Crippen molar-refractivity contribution in [2.75, 3.05) is 39.8 Å². The van der Waals surface area contributed by atoms with Crippen molar-refractivity contribution in [1.82, 2.24) is 15.1 Å².